The van der Waals surface area contributed by atoms with Gasteiger partial charge in [0, 0.05) is 6.08 Å². The summed E-state index contributed by atoms with van der Waals surface area (Å²) >= 11 is 0. The van der Waals surface area contributed by atoms with Crippen molar-refractivity contribution in [3.8, 4) is 5.75 Å². The Morgan fingerprint density at radius 2 is 2.00 bits per heavy atom. The van der Waals surface area contributed by atoms with Gasteiger partial charge in [0.2, 0.25) is 5.90 Å². The van der Waals surface area contributed by atoms with Crippen LogP contribution in [0.1, 0.15) is 12.5 Å². The summed E-state index contributed by atoms with van der Waals surface area (Å²) in [4.78, 5) is 0. The van der Waals surface area contributed by atoms with E-state index >= 15 is 0 Å². The molecule has 0 atom stereocenters. The van der Waals surface area contributed by atoms with E-state index in [4.69, 9.17) is 14.9 Å². The third-order valence-electron chi connectivity index (χ3n) is 1.84. The van der Waals surface area contributed by atoms with Gasteiger partial charge in [-0.1, -0.05) is 12.1 Å². The number of benzene rings is 1. The van der Waals surface area contributed by atoms with Crippen LogP contribution in [0.3, 0.4) is 0 Å². The van der Waals surface area contributed by atoms with Gasteiger partial charge in [-0.05, 0) is 30.7 Å². The molecule has 0 radical (unpaired) electrons. The van der Waals surface area contributed by atoms with Crippen molar-refractivity contribution in [1.82, 2.24) is 0 Å². The van der Waals surface area contributed by atoms with Crippen molar-refractivity contribution in [1.29, 1.82) is 5.41 Å². The normalized spacial score (nSPS) is 10.3. The average Bonchev–Trinajstić information content (AvgIpc) is 2.27. The molecular formula is C12H15NO2. The molecule has 0 fully saturated rings. The molecule has 3 heteroatoms. The van der Waals surface area contributed by atoms with Crippen molar-refractivity contribution in [3.05, 3.63) is 35.9 Å². The standard InChI is InChI=1S/C12H15NO2/c1-3-15-12(13)9-6-10-4-7-11(14-2)8-5-10/h4-9,13H,3H2,1-2H3/b9-6+,13-12?. The van der Waals surface area contributed by atoms with Crippen LogP contribution >= 0.6 is 0 Å². The van der Waals surface area contributed by atoms with Crippen LogP contribution in [0.4, 0.5) is 0 Å². The average molecular weight is 205 g/mol. The summed E-state index contributed by atoms with van der Waals surface area (Å²) in [6, 6.07) is 7.61. The van der Waals surface area contributed by atoms with Crippen LogP contribution in [-0.2, 0) is 4.74 Å². The Kier molecular flexibility index (Phi) is 4.41. The van der Waals surface area contributed by atoms with Gasteiger partial charge < -0.3 is 9.47 Å². The Morgan fingerprint density at radius 1 is 1.33 bits per heavy atom. The highest BCUT2D eigenvalue weighted by Crippen LogP contribution is 2.12. The van der Waals surface area contributed by atoms with Crippen LogP contribution in [0, 0.1) is 5.41 Å². The molecule has 1 aromatic rings. The maximum Gasteiger partial charge on any atom is 0.205 e. The fourth-order valence-electron chi connectivity index (χ4n) is 1.09. The molecule has 0 spiro atoms. The molecule has 80 valence electrons. The van der Waals surface area contributed by atoms with Gasteiger partial charge in [0.15, 0.2) is 0 Å². The van der Waals surface area contributed by atoms with Crippen molar-refractivity contribution in [2.75, 3.05) is 13.7 Å². The maximum absolute atomic E-state index is 7.38. The van der Waals surface area contributed by atoms with E-state index < -0.39 is 0 Å². The zero-order valence-electron chi connectivity index (χ0n) is 8.99. The van der Waals surface area contributed by atoms with Gasteiger partial charge in [-0.3, -0.25) is 5.41 Å². The summed E-state index contributed by atoms with van der Waals surface area (Å²) < 4.78 is 10.0. The first-order chi connectivity index (χ1) is 7.26. The highest BCUT2D eigenvalue weighted by atomic mass is 16.5. The Balaban J connectivity index is 2.60. The lowest BCUT2D eigenvalue weighted by molar-refractivity contribution is 0.327. The number of ether oxygens (including phenoxy) is 2. The lowest BCUT2D eigenvalue weighted by Crippen LogP contribution is -1.97. The lowest BCUT2D eigenvalue weighted by atomic mass is 10.2. The molecule has 1 aromatic carbocycles. The molecule has 3 nitrogen and oxygen atoms in total. The van der Waals surface area contributed by atoms with Gasteiger partial charge in [0.05, 0.1) is 13.7 Å². The Labute approximate surface area is 89.8 Å². The molecule has 0 saturated carbocycles. The number of hydrogen-bond acceptors (Lipinski definition) is 3. The third kappa shape index (κ3) is 3.85. The molecule has 0 aliphatic heterocycles. The molecule has 0 amide bonds. The fraction of sp³-hybridized carbons (Fsp3) is 0.250. The van der Waals surface area contributed by atoms with E-state index in [1.807, 2.05) is 37.3 Å². The number of rotatable bonds is 4. The molecule has 1 N–H and O–H groups in total. The van der Waals surface area contributed by atoms with Gasteiger partial charge in [0.1, 0.15) is 5.75 Å². The predicted molar refractivity (Wildman–Crippen MR) is 61.4 cm³/mol. The minimum absolute atomic E-state index is 0.174. The van der Waals surface area contributed by atoms with Crippen LogP contribution < -0.4 is 4.74 Å². The van der Waals surface area contributed by atoms with Gasteiger partial charge in [-0.15, -0.1) is 0 Å². The topological polar surface area (TPSA) is 42.3 Å². The van der Waals surface area contributed by atoms with Crippen molar-refractivity contribution in [3.63, 3.8) is 0 Å². The van der Waals surface area contributed by atoms with Crippen LogP contribution in [-0.4, -0.2) is 19.6 Å². The molecule has 1 rings (SSSR count). The molecule has 0 aliphatic carbocycles. The van der Waals surface area contributed by atoms with Crippen LogP contribution in [0.25, 0.3) is 6.08 Å². The number of nitrogens with one attached hydrogen (secondary N) is 1. The molecule has 0 aromatic heterocycles. The highest BCUT2D eigenvalue weighted by Gasteiger charge is 1.91. The monoisotopic (exact) mass is 205 g/mol. The first-order valence-electron chi connectivity index (χ1n) is 4.79. The first-order valence-corrected chi connectivity index (χ1v) is 4.79. The van der Waals surface area contributed by atoms with E-state index in [0.29, 0.717) is 6.61 Å². The van der Waals surface area contributed by atoms with E-state index in [0.717, 1.165) is 11.3 Å². The Bertz CT molecular complexity index is 341. The molecule has 0 bridgehead atoms. The van der Waals surface area contributed by atoms with Gasteiger partial charge in [-0.2, -0.15) is 0 Å². The van der Waals surface area contributed by atoms with Crippen molar-refractivity contribution in [2.45, 2.75) is 6.92 Å². The van der Waals surface area contributed by atoms with Crippen molar-refractivity contribution in [2.24, 2.45) is 0 Å². The van der Waals surface area contributed by atoms with Crippen LogP contribution in [0.2, 0.25) is 0 Å². The summed E-state index contributed by atoms with van der Waals surface area (Å²) in [5.74, 6) is 1.00. The van der Waals surface area contributed by atoms with E-state index in [-0.39, 0.29) is 5.90 Å². The summed E-state index contributed by atoms with van der Waals surface area (Å²) in [6.07, 6.45) is 3.46. The zero-order valence-corrected chi connectivity index (χ0v) is 8.99. The zero-order chi connectivity index (χ0) is 11.1. The van der Waals surface area contributed by atoms with Crippen LogP contribution in [0.5, 0.6) is 5.75 Å². The first kappa shape index (κ1) is 11.3. The molecule has 0 saturated heterocycles. The van der Waals surface area contributed by atoms with Gasteiger partial charge in [-0.25, -0.2) is 0 Å². The smallest absolute Gasteiger partial charge is 0.205 e. The fourth-order valence-corrected chi connectivity index (χ4v) is 1.09. The lowest BCUT2D eigenvalue weighted by Gasteiger charge is -2.00. The highest BCUT2D eigenvalue weighted by molar-refractivity contribution is 5.89. The minimum atomic E-state index is 0.174. The van der Waals surface area contributed by atoms with E-state index in [1.165, 1.54) is 0 Å². The predicted octanol–water partition coefficient (Wildman–Crippen LogP) is 2.72. The molecule has 0 heterocycles. The Morgan fingerprint density at radius 3 is 2.53 bits per heavy atom. The molecule has 15 heavy (non-hydrogen) atoms. The molecule has 0 aliphatic rings. The molecular weight excluding hydrogens is 190 g/mol. The summed E-state index contributed by atoms with van der Waals surface area (Å²) in [7, 11) is 1.63. The van der Waals surface area contributed by atoms with E-state index in [9.17, 15) is 0 Å². The van der Waals surface area contributed by atoms with Crippen LogP contribution in [0.15, 0.2) is 30.3 Å². The second kappa shape index (κ2) is 5.86. The number of methoxy groups -OCH3 is 1. The maximum atomic E-state index is 7.38. The van der Waals surface area contributed by atoms with Crippen molar-refractivity contribution >= 4 is 12.0 Å². The van der Waals surface area contributed by atoms with E-state index in [1.54, 1.807) is 13.2 Å². The molecule has 0 unspecified atom stereocenters. The Hall–Kier alpha value is -1.77. The second-order valence-corrected chi connectivity index (χ2v) is 2.90. The third-order valence-corrected chi connectivity index (χ3v) is 1.84. The largest absolute Gasteiger partial charge is 0.497 e. The number of hydrogen-bond donors (Lipinski definition) is 1. The summed E-state index contributed by atoms with van der Waals surface area (Å²) in [5.41, 5.74) is 1.01. The SMILES string of the molecule is CCOC(=N)/C=C/c1ccc(OC)cc1. The van der Waals surface area contributed by atoms with E-state index in [2.05, 4.69) is 0 Å². The van der Waals surface area contributed by atoms with Gasteiger partial charge >= 0.3 is 0 Å². The summed E-state index contributed by atoms with van der Waals surface area (Å²) in [5, 5.41) is 7.38. The quantitative estimate of drug-likeness (QED) is 0.606. The minimum Gasteiger partial charge on any atom is -0.497 e. The van der Waals surface area contributed by atoms with Crippen molar-refractivity contribution < 1.29 is 9.47 Å². The second-order valence-electron chi connectivity index (χ2n) is 2.90. The summed E-state index contributed by atoms with van der Waals surface area (Å²) in [6.45, 7) is 2.38. The van der Waals surface area contributed by atoms with Gasteiger partial charge in [0.25, 0.3) is 0 Å².